The van der Waals surface area contributed by atoms with Gasteiger partial charge in [-0.2, -0.15) is 0 Å². The number of amides is 1. The van der Waals surface area contributed by atoms with Gasteiger partial charge in [-0.05, 0) is 29.5 Å². The van der Waals surface area contributed by atoms with E-state index in [0.29, 0.717) is 5.82 Å². The summed E-state index contributed by atoms with van der Waals surface area (Å²) in [5.41, 5.74) is 5.38. The molecule has 0 atom stereocenters. The Hall–Kier alpha value is -2.14. The van der Waals surface area contributed by atoms with Gasteiger partial charge in [0.25, 0.3) is 5.91 Å². The first-order valence-corrected chi connectivity index (χ1v) is 8.45. The van der Waals surface area contributed by atoms with Crippen molar-refractivity contribution in [1.29, 1.82) is 0 Å². The second kappa shape index (κ2) is 6.06. The van der Waals surface area contributed by atoms with Crippen molar-refractivity contribution in [2.24, 2.45) is 7.05 Å². The van der Waals surface area contributed by atoms with Crippen LogP contribution in [0.1, 0.15) is 53.9 Å². The molecule has 2 heterocycles. The van der Waals surface area contributed by atoms with E-state index in [4.69, 9.17) is 0 Å². The van der Waals surface area contributed by atoms with Crippen molar-refractivity contribution in [2.75, 3.05) is 11.9 Å². The summed E-state index contributed by atoms with van der Waals surface area (Å²) < 4.78 is 1.93. The zero-order valence-corrected chi connectivity index (χ0v) is 15.2. The molecule has 1 aliphatic rings. The second-order valence-corrected chi connectivity index (χ2v) is 7.50. The molecule has 2 N–H and O–H groups in total. The number of carbonyl (C=O) groups is 1. The van der Waals surface area contributed by atoms with Gasteiger partial charge in [0.15, 0.2) is 5.82 Å². The first-order valence-electron chi connectivity index (χ1n) is 8.45. The van der Waals surface area contributed by atoms with Crippen LogP contribution in [-0.4, -0.2) is 22.0 Å². The molecule has 0 fully saturated rings. The number of imidazole rings is 1. The van der Waals surface area contributed by atoms with Crippen molar-refractivity contribution < 1.29 is 4.79 Å². The fourth-order valence-electron chi connectivity index (χ4n) is 3.42. The zero-order chi connectivity index (χ0) is 17.5. The van der Waals surface area contributed by atoms with E-state index < -0.39 is 0 Å². The average molecular weight is 326 g/mol. The molecule has 128 valence electrons. The van der Waals surface area contributed by atoms with Crippen LogP contribution in [0.3, 0.4) is 0 Å². The third kappa shape index (κ3) is 2.96. The van der Waals surface area contributed by atoms with Crippen LogP contribution in [0.15, 0.2) is 18.2 Å². The normalized spacial score (nSPS) is 14.4. The lowest BCUT2D eigenvalue weighted by Crippen LogP contribution is -2.24. The first-order chi connectivity index (χ1) is 11.3. The molecule has 0 spiro atoms. The molecule has 0 radical (unpaired) electrons. The Morgan fingerprint density at radius 3 is 2.75 bits per heavy atom. The maximum Gasteiger partial charge on any atom is 0.291 e. The smallest absolute Gasteiger partial charge is 0.291 e. The molecule has 24 heavy (non-hydrogen) atoms. The monoisotopic (exact) mass is 326 g/mol. The van der Waals surface area contributed by atoms with Gasteiger partial charge in [0.1, 0.15) is 0 Å². The minimum absolute atomic E-state index is 0.0405. The highest BCUT2D eigenvalue weighted by molar-refractivity contribution is 6.02. The maximum atomic E-state index is 12.8. The molecule has 0 saturated heterocycles. The second-order valence-electron chi connectivity index (χ2n) is 7.50. The van der Waals surface area contributed by atoms with Crippen molar-refractivity contribution in [2.45, 2.75) is 46.1 Å². The molecule has 1 aromatic heterocycles. The Labute approximate surface area is 143 Å². The maximum absolute atomic E-state index is 12.8. The van der Waals surface area contributed by atoms with E-state index in [-0.39, 0.29) is 11.3 Å². The molecule has 0 aliphatic carbocycles. The van der Waals surface area contributed by atoms with E-state index >= 15 is 0 Å². The van der Waals surface area contributed by atoms with Crippen LogP contribution < -0.4 is 10.6 Å². The lowest BCUT2D eigenvalue weighted by Gasteiger charge is -2.23. The van der Waals surface area contributed by atoms with E-state index in [0.717, 1.165) is 42.1 Å². The van der Waals surface area contributed by atoms with Crippen LogP contribution in [0, 0.1) is 6.92 Å². The van der Waals surface area contributed by atoms with Crippen LogP contribution in [0.25, 0.3) is 0 Å². The van der Waals surface area contributed by atoms with Gasteiger partial charge in [0.2, 0.25) is 0 Å². The number of anilines is 1. The van der Waals surface area contributed by atoms with Crippen molar-refractivity contribution >= 4 is 11.6 Å². The highest BCUT2D eigenvalue weighted by Gasteiger charge is 2.23. The van der Waals surface area contributed by atoms with Crippen molar-refractivity contribution in [3.63, 3.8) is 0 Å². The zero-order valence-electron chi connectivity index (χ0n) is 15.2. The lowest BCUT2D eigenvalue weighted by atomic mass is 9.83. The molecule has 0 unspecified atom stereocenters. The lowest BCUT2D eigenvalue weighted by molar-refractivity contribution is 0.101. The number of nitrogens with zero attached hydrogens (tertiary/aromatic N) is 2. The van der Waals surface area contributed by atoms with Crippen LogP contribution in [-0.2, 0) is 25.4 Å². The number of carbonyl (C=O) groups excluding carboxylic acids is 1. The third-order valence-electron chi connectivity index (χ3n) is 4.72. The fraction of sp³-hybridized carbons (Fsp3) is 0.474. The minimum Gasteiger partial charge on any atom is -0.327 e. The molecule has 0 bridgehead atoms. The van der Waals surface area contributed by atoms with E-state index in [1.165, 1.54) is 5.56 Å². The predicted octanol–water partition coefficient (Wildman–Crippen LogP) is 2.92. The minimum atomic E-state index is -0.152. The van der Waals surface area contributed by atoms with Crippen molar-refractivity contribution in [3.8, 4) is 0 Å². The first kappa shape index (κ1) is 16.7. The molecule has 1 aromatic carbocycles. The van der Waals surface area contributed by atoms with Gasteiger partial charge in [-0.25, -0.2) is 4.98 Å². The SMILES string of the molecule is Cc1c(NC(=O)c2nc3c(n2C)CCNC3)cccc1C(C)(C)C. The number of fused-ring (bicyclic) bond motifs is 1. The summed E-state index contributed by atoms with van der Waals surface area (Å²) in [7, 11) is 1.92. The summed E-state index contributed by atoms with van der Waals surface area (Å²) in [5, 5.41) is 6.34. The number of hydrogen-bond acceptors (Lipinski definition) is 3. The number of hydrogen-bond donors (Lipinski definition) is 2. The quantitative estimate of drug-likeness (QED) is 0.892. The number of benzene rings is 1. The highest BCUT2D eigenvalue weighted by atomic mass is 16.2. The summed E-state index contributed by atoms with van der Waals surface area (Å²) >= 11 is 0. The molecule has 1 amide bonds. The highest BCUT2D eigenvalue weighted by Crippen LogP contribution is 2.30. The summed E-state index contributed by atoms with van der Waals surface area (Å²) in [6.07, 6.45) is 0.907. The van der Waals surface area contributed by atoms with Crippen LogP contribution in [0.5, 0.6) is 0 Å². The molecule has 2 aromatic rings. The fourth-order valence-corrected chi connectivity index (χ4v) is 3.42. The van der Waals surface area contributed by atoms with Gasteiger partial charge >= 0.3 is 0 Å². The van der Waals surface area contributed by atoms with Gasteiger partial charge in [-0.1, -0.05) is 32.9 Å². The van der Waals surface area contributed by atoms with E-state index in [1.54, 1.807) is 0 Å². The topological polar surface area (TPSA) is 59.0 Å². The molecule has 0 saturated carbocycles. The van der Waals surface area contributed by atoms with Crippen LogP contribution >= 0.6 is 0 Å². The van der Waals surface area contributed by atoms with Gasteiger partial charge in [-0.3, -0.25) is 4.79 Å². The van der Waals surface area contributed by atoms with Gasteiger partial charge in [0, 0.05) is 37.9 Å². The van der Waals surface area contributed by atoms with Crippen LogP contribution in [0.4, 0.5) is 5.69 Å². The molecule has 1 aliphatic heterocycles. The average Bonchev–Trinajstić information content (AvgIpc) is 2.86. The number of nitrogens with one attached hydrogen (secondary N) is 2. The summed E-state index contributed by atoms with van der Waals surface area (Å²) in [6.45, 7) is 10.3. The Balaban J connectivity index is 1.90. The Morgan fingerprint density at radius 1 is 1.33 bits per heavy atom. The number of aromatic nitrogens is 2. The Bertz CT molecular complexity index is 783. The molecular weight excluding hydrogens is 300 g/mol. The van der Waals surface area contributed by atoms with Crippen molar-refractivity contribution in [1.82, 2.24) is 14.9 Å². The Morgan fingerprint density at radius 2 is 2.08 bits per heavy atom. The summed E-state index contributed by atoms with van der Waals surface area (Å²) in [5.74, 6) is 0.324. The Kier molecular flexibility index (Phi) is 4.22. The van der Waals surface area contributed by atoms with E-state index in [2.05, 4.69) is 49.4 Å². The molecule has 5 nitrogen and oxygen atoms in total. The van der Waals surface area contributed by atoms with Gasteiger partial charge in [-0.15, -0.1) is 0 Å². The summed E-state index contributed by atoms with van der Waals surface area (Å²) in [4.78, 5) is 17.3. The largest absolute Gasteiger partial charge is 0.327 e. The standard InChI is InChI=1S/C19H26N4O/c1-12-13(19(2,3)4)7-6-8-14(12)22-18(24)17-21-15-11-20-10-9-16(15)23(17)5/h6-8,20H,9-11H2,1-5H3,(H,22,24). The van der Waals surface area contributed by atoms with Gasteiger partial charge in [0.05, 0.1) is 5.69 Å². The molecule has 5 heteroatoms. The van der Waals surface area contributed by atoms with Gasteiger partial charge < -0.3 is 15.2 Å². The number of rotatable bonds is 2. The predicted molar refractivity (Wildman–Crippen MR) is 96.5 cm³/mol. The van der Waals surface area contributed by atoms with Crippen LogP contribution in [0.2, 0.25) is 0 Å². The third-order valence-corrected chi connectivity index (χ3v) is 4.72. The van der Waals surface area contributed by atoms with Crippen molar-refractivity contribution in [3.05, 3.63) is 46.5 Å². The van der Waals surface area contributed by atoms with E-state index in [9.17, 15) is 4.79 Å². The molecular formula is C19H26N4O. The molecule has 3 rings (SSSR count). The summed E-state index contributed by atoms with van der Waals surface area (Å²) in [6, 6.07) is 6.07. The van der Waals surface area contributed by atoms with E-state index in [1.807, 2.05) is 23.7 Å².